The standard InChI is InChI=1S/C10H12FNO3S/c1-12(2)16(14,15)7-10(13)8-3-5-9(11)6-4-8/h3-6H,7H2,1-2H3. The summed E-state index contributed by atoms with van der Waals surface area (Å²) in [4.78, 5) is 11.5. The Labute approximate surface area is 93.7 Å². The number of carbonyl (C=O) groups excluding carboxylic acids is 1. The predicted octanol–water partition coefficient (Wildman–Crippen LogP) is 0.900. The lowest BCUT2D eigenvalue weighted by atomic mass is 10.1. The molecule has 0 unspecified atom stereocenters. The van der Waals surface area contributed by atoms with Crippen molar-refractivity contribution in [2.75, 3.05) is 19.8 Å². The summed E-state index contributed by atoms with van der Waals surface area (Å²) in [7, 11) is -0.857. The fourth-order valence-electron chi connectivity index (χ4n) is 1.01. The lowest BCUT2D eigenvalue weighted by Gasteiger charge is -2.10. The third-order valence-electron chi connectivity index (χ3n) is 2.04. The third-order valence-corrected chi connectivity index (χ3v) is 3.78. The Morgan fingerprint density at radius 1 is 1.25 bits per heavy atom. The summed E-state index contributed by atoms with van der Waals surface area (Å²) in [5.74, 6) is -1.62. The highest BCUT2D eigenvalue weighted by Crippen LogP contribution is 2.06. The first kappa shape index (κ1) is 12.8. The van der Waals surface area contributed by atoms with Gasteiger partial charge in [0, 0.05) is 19.7 Å². The van der Waals surface area contributed by atoms with Crippen molar-refractivity contribution in [2.24, 2.45) is 0 Å². The van der Waals surface area contributed by atoms with Gasteiger partial charge in [-0.05, 0) is 24.3 Å². The molecule has 0 aliphatic carbocycles. The second-order valence-corrected chi connectivity index (χ2v) is 5.65. The van der Waals surface area contributed by atoms with Gasteiger partial charge in [-0.2, -0.15) is 0 Å². The Morgan fingerprint density at radius 2 is 1.75 bits per heavy atom. The van der Waals surface area contributed by atoms with Crippen LogP contribution in [0.2, 0.25) is 0 Å². The smallest absolute Gasteiger partial charge is 0.221 e. The summed E-state index contributed by atoms with van der Waals surface area (Å²) in [6, 6.07) is 4.77. The molecule has 1 aromatic carbocycles. The molecule has 0 saturated carbocycles. The van der Waals surface area contributed by atoms with E-state index in [9.17, 15) is 17.6 Å². The topological polar surface area (TPSA) is 54.5 Å². The number of nitrogens with zero attached hydrogens (tertiary/aromatic N) is 1. The summed E-state index contributed by atoms with van der Waals surface area (Å²) in [6.07, 6.45) is 0. The van der Waals surface area contributed by atoms with Crippen LogP contribution in [-0.4, -0.2) is 38.4 Å². The van der Waals surface area contributed by atoms with Gasteiger partial charge >= 0.3 is 0 Å². The maximum Gasteiger partial charge on any atom is 0.221 e. The molecule has 6 heteroatoms. The second-order valence-electron chi connectivity index (χ2n) is 3.47. The molecular weight excluding hydrogens is 233 g/mol. The predicted molar refractivity (Wildman–Crippen MR) is 58.2 cm³/mol. The van der Waals surface area contributed by atoms with Crippen molar-refractivity contribution in [3.05, 3.63) is 35.6 Å². The largest absolute Gasteiger partial charge is 0.293 e. The molecule has 0 spiro atoms. The Bertz CT molecular complexity index is 479. The molecule has 0 aliphatic rings. The molecule has 0 aliphatic heterocycles. The van der Waals surface area contributed by atoms with Gasteiger partial charge in [0.15, 0.2) is 5.78 Å². The molecule has 0 radical (unpaired) electrons. The van der Waals surface area contributed by atoms with E-state index in [1.165, 1.54) is 26.2 Å². The Kier molecular flexibility index (Phi) is 3.77. The van der Waals surface area contributed by atoms with Gasteiger partial charge < -0.3 is 0 Å². The fourth-order valence-corrected chi connectivity index (χ4v) is 1.77. The number of rotatable bonds is 4. The molecule has 0 N–H and O–H groups in total. The Hall–Kier alpha value is -1.27. The van der Waals surface area contributed by atoms with Crippen LogP contribution < -0.4 is 0 Å². The van der Waals surface area contributed by atoms with E-state index in [-0.39, 0.29) is 5.56 Å². The van der Waals surface area contributed by atoms with Crippen LogP contribution in [0.1, 0.15) is 10.4 Å². The van der Waals surface area contributed by atoms with Gasteiger partial charge in [0.25, 0.3) is 0 Å². The minimum Gasteiger partial charge on any atom is -0.293 e. The summed E-state index contributed by atoms with van der Waals surface area (Å²) in [5.41, 5.74) is 0.187. The number of benzene rings is 1. The molecule has 0 amide bonds. The van der Waals surface area contributed by atoms with Crippen LogP contribution in [0.15, 0.2) is 24.3 Å². The first-order chi connectivity index (χ1) is 7.33. The molecule has 0 aromatic heterocycles. The van der Waals surface area contributed by atoms with Crippen molar-refractivity contribution in [1.82, 2.24) is 4.31 Å². The molecule has 16 heavy (non-hydrogen) atoms. The molecule has 1 aromatic rings. The number of sulfonamides is 1. The monoisotopic (exact) mass is 245 g/mol. The van der Waals surface area contributed by atoms with E-state index < -0.39 is 27.4 Å². The van der Waals surface area contributed by atoms with E-state index >= 15 is 0 Å². The summed E-state index contributed by atoms with van der Waals surface area (Å²) < 4.78 is 36.4. The second kappa shape index (κ2) is 4.71. The summed E-state index contributed by atoms with van der Waals surface area (Å²) >= 11 is 0. The Morgan fingerprint density at radius 3 is 2.19 bits per heavy atom. The number of hydrogen-bond acceptors (Lipinski definition) is 3. The van der Waals surface area contributed by atoms with E-state index in [4.69, 9.17) is 0 Å². The Balaban J connectivity index is 2.85. The zero-order valence-corrected chi connectivity index (χ0v) is 9.79. The molecule has 0 atom stereocenters. The maximum atomic E-state index is 12.6. The minimum atomic E-state index is -3.57. The van der Waals surface area contributed by atoms with Crippen LogP contribution in [0, 0.1) is 5.82 Å². The van der Waals surface area contributed by atoms with Crippen LogP contribution in [0.25, 0.3) is 0 Å². The fraction of sp³-hybridized carbons (Fsp3) is 0.300. The van der Waals surface area contributed by atoms with Crippen molar-refractivity contribution in [1.29, 1.82) is 0 Å². The average molecular weight is 245 g/mol. The quantitative estimate of drug-likeness (QED) is 0.740. The highest BCUT2D eigenvalue weighted by Gasteiger charge is 2.19. The average Bonchev–Trinajstić information content (AvgIpc) is 2.17. The van der Waals surface area contributed by atoms with Gasteiger partial charge in [0.2, 0.25) is 10.0 Å². The zero-order chi connectivity index (χ0) is 12.3. The van der Waals surface area contributed by atoms with E-state index in [1.54, 1.807) is 0 Å². The van der Waals surface area contributed by atoms with Gasteiger partial charge in [-0.1, -0.05) is 0 Å². The minimum absolute atomic E-state index is 0.187. The molecule has 4 nitrogen and oxygen atoms in total. The number of ketones is 1. The molecular formula is C10H12FNO3S. The first-order valence-corrected chi connectivity index (χ1v) is 6.13. The number of hydrogen-bond donors (Lipinski definition) is 0. The van der Waals surface area contributed by atoms with Gasteiger partial charge in [-0.15, -0.1) is 0 Å². The van der Waals surface area contributed by atoms with Crippen LogP contribution in [-0.2, 0) is 10.0 Å². The molecule has 0 fully saturated rings. The molecule has 0 saturated heterocycles. The number of carbonyl (C=O) groups is 1. The SMILES string of the molecule is CN(C)S(=O)(=O)CC(=O)c1ccc(F)cc1. The van der Waals surface area contributed by atoms with E-state index in [2.05, 4.69) is 0 Å². The van der Waals surface area contributed by atoms with Crippen molar-refractivity contribution in [3.63, 3.8) is 0 Å². The van der Waals surface area contributed by atoms with Crippen LogP contribution in [0.5, 0.6) is 0 Å². The van der Waals surface area contributed by atoms with Crippen molar-refractivity contribution in [2.45, 2.75) is 0 Å². The first-order valence-electron chi connectivity index (χ1n) is 4.52. The third kappa shape index (κ3) is 3.11. The van der Waals surface area contributed by atoms with Crippen LogP contribution >= 0.6 is 0 Å². The molecule has 0 heterocycles. The zero-order valence-electron chi connectivity index (χ0n) is 8.97. The van der Waals surface area contributed by atoms with Crippen molar-refractivity contribution >= 4 is 15.8 Å². The molecule has 0 bridgehead atoms. The van der Waals surface area contributed by atoms with Crippen LogP contribution in [0.3, 0.4) is 0 Å². The summed E-state index contributed by atoms with van der Waals surface area (Å²) in [5, 5.41) is 0. The van der Waals surface area contributed by atoms with Crippen molar-refractivity contribution in [3.8, 4) is 0 Å². The molecule has 1 rings (SSSR count). The highest BCUT2D eigenvalue weighted by atomic mass is 32.2. The van der Waals surface area contributed by atoms with Gasteiger partial charge in [-0.25, -0.2) is 17.1 Å². The van der Waals surface area contributed by atoms with E-state index in [0.717, 1.165) is 16.4 Å². The normalized spacial score (nSPS) is 11.8. The van der Waals surface area contributed by atoms with Crippen molar-refractivity contribution < 1.29 is 17.6 Å². The number of Topliss-reactive ketones (excluding diaryl/α,β-unsaturated/α-hetero) is 1. The van der Waals surface area contributed by atoms with Gasteiger partial charge in [0.05, 0.1) is 0 Å². The highest BCUT2D eigenvalue weighted by molar-refractivity contribution is 7.89. The molecule has 88 valence electrons. The van der Waals surface area contributed by atoms with Crippen LogP contribution in [0.4, 0.5) is 4.39 Å². The lowest BCUT2D eigenvalue weighted by molar-refractivity contribution is 0.102. The van der Waals surface area contributed by atoms with Gasteiger partial charge in [0.1, 0.15) is 11.6 Å². The van der Waals surface area contributed by atoms with Gasteiger partial charge in [-0.3, -0.25) is 4.79 Å². The summed E-state index contributed by atoms with van der Waals surface area (Å²) in [6.45, 7) is 0. The number of halogens is 1. The van der Waals surface area contributed by atoms with E-state index in [0.29, 0.717) is 0 Å². The lowest BCUT2D eigenvalue weighted by Crippen LogP contribution is -2.29. The van der Waals surface area contributed by atoms with E-state index in [1.807, 2.05) is 0 Å². The maximum absolute atomic E-state index is 12.6.